The van der Waals surface area contributed by atoms with Crippen molar-refractivity contribution in [2.45, 2.75) is 19.8 Å². The van der Waals surface area contributed by atoms with Gasteiger partial charge in [-0.05, 0) is 36.5 Å². The van der Waals surface area contributed by atoms with E-state index in [1.807, 2.05) is 24.3 Å². The SMILES string of the molecule is CC(=O)C1=CC=C(c2ccccc2)CC1. The number of hydrogen-bond donors (Lipinski definition) is 0. The average Bonchev–Trinajstić information content (AvgIpc) is 2.30. The van der Waals surface area contributed by atoms with Crippen molar-refractivity contribution in [1.29, 1.82) is 0 Å². The third-order valence-electron chi connectivity index (χ3n) is 2.75. The van der Waals surface area contributed by atoms with Crippen LogP contribution in [-0.2, 0) is 4.79 Å². The smallest absolute Gasteiger partial charge is 0.155 e. The van der Waals surface area contributed by atoms with Gasteiger partial charge in [-0.1, -0.05) is 42.5 Å². The fourth-order valence-electron chi connectivity index (χ4n) is 1.82. The van der Waals surface area contributed by atoms with Crippen LogP contribution in [0.3, 0.4) is 0 Å². The highest BCUT2D eigenvalue weighted by Gasteiger charge is 2.10. The Bertz CT molecular complexity index is 424. The maximum absolute atomic E-state index is 11.1. The summed E-state index contributed by atoms with van der Waals surface area (Å²) in [6.45, 7) is 1.63. The summed E-state index contributed by atoms with van der Waals surface area (Å²) in [5.41, 5.74) is 3.52. The lowest BCUT2D eigenvalue weighted by molar-refractivity contribution is -0.113. The Kier molecular flexibility index (Phi) is 2.82. The summed E-state index contributed by atoms with van der Waals surface area (Å²) in [5.74, 6) is 0.193. The predicted molar refractivity (Wildman–Crippen MR) is 62.4 cm³/mol. The van der Waals surface area contributed by atoms with Gasteiger partial charge in [0, 0.05) is 0 Å². The van der Waals surface area contributed by atoms with Crippen molar-refractivity contribution in [3.05, 3.63) is 53.6 Å². The molecule has 0 radical (unpaired) electrons. The minimum absolute atomic E-state index is 0.193. The van der Waals surface area contributed by atoms with Crippen molar-refractivity contribution in [2.24, 2.45) is 0 Å². The Morgan fingerprint density at radius 1 is 1.07 bits per heavy atom. The lowest BCUT2D eigenvalue weighted by Gasteiger charge is -2.12. The van der Waals surface area contributed by atoms with Crippen LogP contribution in [0.2, 0.25) is 0 Å². The molecule has 0 aliphatic heterocycles. The maximum Gasteiger partial charge on any atom is 0.155 e. The molecule has 76 valence electrons. The third kappa shape index (κ3) is 2.24. The number of carbonyl (C=O) groups is 1. The molecule has 0 fully saturated rings. The minimum atomic E-state index is 0.193. The van der Waals surface area contributed by atoms with Gasteiger partial charge >= 0.3 is 0 Å². The Labute approximate surface area is 90.1 Å². The first-order chi connectivity index (χ1) is 7.27. The zero-order valence-electron chi connectivity index (χ0n) is 8.86. The molecule has 0 spiro atoms. The lowest BCUT2D eigenvalue weighted by atomic mass is 9.92. The zero-order valence-corrected chi connectivity index (χ0v) is 8.86. The van der Waals surface area contributed by atoms with Gasteiger partial charge in [0.25, 0.3) is 0 Å². The second kappa shape index (κ2) is 4.26. The normalized spacial score (nSPS) is 15.5. The molecule has 0 bridgehead atoms. The van der Waals surface area contributed by atoms with Crippen LogP contribution in [-0.4, -0.2) is 5.78 Å². The molecule has 2 rings (SSSR count). The summed E-state index contributed by atoms with van der Waals surface area (Å²) in [6.07, 6.45) is 5.86. The number of rotatable bonds is 2. The van der Waals surface area contributed by atoms with E-state index in [2.05, 4.69) is 18.2 Å². The largest absolute Gasteiger partial charge is 0.295 e. The van der Waals surface area contributed by atoms with E-state index in [9.17, 15) is 4.79 Å². The molecule has 1 aliphatic carbocycles. The Morgan fingerprint density at radius 2 is 1.80 bits per heavy atom. The first-order valence-corrected chi connectivity index (χ1v) is 5.23. The summed E-state index contributed by atoms with van der Waals surface area (Å²) < 4.78 is 0. The van der Waals surface area contributed by atoms with Crippen LogP contribution in [0.4, 0.5) is 0 Å². The summed E-state index contributed by atoms with van der Waals surface area (Å²) in [6, 6.07) is 10.3. The van der Waals surface area contributed by atoms with E-state index in [1.165, 1.54) is 11.1 Å². The molecule has 0 N–H and O–H groups in total. The highest BCUT2D eigenvalue weighted by atomic mass is 16.1. The Morgan fingerprint density at radius 3 is 2.33 bits per heavy atom. The number of carbonyl (C=O) groups excluding carboxylic acids is 1. The molecular formula is C14H14O. The number of allylic oxidation sites excluding steroid dienone is 4. The molecule has 1 nitrogen and oxygen atoms in total. The summed E-state index contributed by atoms with van der Waals surface area (Å²) in [4.78, 5) is 11.1. The van der Waals surface area contributed by atoms with Gasteiger partial charge in [-0.15, -0.1) is 0 Å². The van der Waals surface area contributed by atoms with Crippen LogP contribution in [0.15, 0.2) is 48.1 Å². The van der Waals surface area contributed by atoms with Crippen LogP contribution in [0.5, 0.6) is 0 Å². The number of ketones is 1. The number of Topliss-reactive ketones (excluding diaryl/α,β-unsaturated/α-hetero) is 1. The van der Waals surface area contributed by atoms with E-state index in [1.54, 1.807) is 6.92 Å². The van der Waals surface area contributed by atoms with Crippen molar-refractivity contribution >= 4 is 11.4 Å². The van der Waals surface area contributed by atoms with Gasteiger partial charge in [-0.25, -0.2) is 0 Å². The second-order valence-corrected chi connectivity index (χ2v) is 3.81. The molecule has 0 saturated carbocycles. The number of benzene rings is 1. The Balaban J connectivity index is 2.25. The average molecular weight is 198 g/mol. The van der Waals surface area contributed by atoms with E-state index in [-0.39, 0.29) is 5.78 Å². The molecule has 0 atom stereocenters. The van der Waals surface area contributed by atoms with Crippen LogP contribution in [0.1, 0.15) is 25.3 Å². The van der Waals surface area contributed by atoms with E-state index in [4.69, 9.17) is 0 Å². The maximum atomic E-state index is 11.1. The van der Waals surface area contributed by atoms with Gasteiger partial charge in [0.05, 0.1) is 0 Å². The van der Waals surface area contributed by atoms with Crippen molar-refractivity contribution < 1.29 is 4.79 Å². The summed E-state index contributed by atoms with van der Waals surface area (Å²) in [5, 5.41) is 0. The molecule has 1 heteroatoms. The highest BCUT2D eigenvalue weighted by molar-refractivity contribution is 5.94. The molecule has 15 heavy (non-hydrogen) atoms. The van der Waals surface area contributed by atoms with Crippen LogP contribution < -0.4 is 0 Å². The van der Waals surface area contributed by atoms with E-state index in [0.717, 1.165) is 18.4 Å². The number of hydrogen-bond acceptors (Lipinski definition) is 1. The van der Waals surface area contributed by atoms with Crippen LogP contribution in [0.25, 0.3) is 5.57 Å². The van der Waals surface area contributed by atoms with Crippen molar-refractivity contribution in [1.82, 2.24) is 0 Å². The van der Waals surface area contributed by atoms with E-state index < -0.39 is 0 Å². The minimum Gasteiger partial charge on any atom is -0.295 e. The topological polar surface area (TPSA) is 17.1 Å². The second-order valence-electron chi connectivity index (χ2n) is 3.81. The van der Waals surface area contributed by atoms with Crippen LogP contribution in [0, 0.1) is 0 Å². The van der Waals surface area contributed by atoms with E-state index >= 15 is 0 Å². The van der Waals surface area contributed by atoms with Gasteiger partial charge in [-0.2, -0.15) is 0 Å². The van der Waals surface area contributed by atoms with Crippen molar-refractivity contribution in [3.8, 4) is 0 Å². The van der Waals surface area contributed by atoms with Gasteiger partial charge in [0.15, 0.2) is 5.78 Å². The molecule has 0 amide bonds. The van der Waals surface area contributed by atoms with Crippen LogP contribution >= 0.6 is 0 Å². The van der Waals surface area contributed by atoms with Crippen molar-refractivity contribution in [3.63, 3.8) is 0 Å². The molecular weight excluding hydrogens is 184 g/mol. The zero-order chi connectivity index (χ0) is 10.7. The molecule has 1 aliphatic rings. The van der Waals surface area contributed by atoms with Gasteiger partial charge in [0.2, 0.25) is 0 Å². The van der Waals surface area contributed by atoms with Gasteiger partial charge in [0.1, 0.15) is 0 Å². The molecule has 0 unspecified atom stereocenters. The standard InChI is InChI=1S/C14H14O/c1-11(15)12-7-9-14(10-8-12)13-5-3-2-4-6-13/h2-7,9H,8,10H2,1H3. The lowest BCUT2D eigenvalue weighted by Crippen LogP contribution is -2.00. The molecule has 1 aromatic carbocycles. The van der Waals surface area contributed by atoms with E-state index in [0.29, 0.717) is 0 Å². The summed E-state index contributed by atoms with van der Waals surface area (Å²) >= 11 is 0. The fraction of sp³-hybridized carbons (Fsp3) is 0.214. The summed E-state index contributed by atoms with van der Waals surface area (Å²) in [7, 11) is 0. The highest BCUT2D eigenvalue weighted by Crippen LogP contribution is 2.26. The Hall–Kier alpha value is -1.63. The quantitative estimate of drug-likeness (QED) is 0.712. The molecule has 0 heterocycles. The first-order valence-electron chi connectivity index (χ1n) is 5.23. The third-order valence-corrected chi connectivity index (χ3v) is 2.75. The van der Waals surface area contributed by atoms with Gasteiger partial charge in [-0.3, -0.25) is 4.79 Å². The molecule has 0 aromatic heterocycles. The monoisotopic (exact) mass is 198 g/mol. The fourth-order valence-corrected chi connectivity index (χ4v) is 1.82. The predicted octanol–water partition coefficient (Wildman–Crippen LogP) is 3.38. The van der Waals surface area contributed by atoms with Crippen molar-refractivity contribution in [2.75, 3.05) is 0 Å². The molecule has 1 aromatic rings. The molecule has 0 saturated heterocycles. The van der Waals surface area contributed by atoms with Gasteiger partial charge < -0.3 is 0 Å². The first kappa shape index (κ1) is 9.91.